The summed E-state index contributed by atoms with van der Waals surface area (Å²) >= 11 is 0. The molecule has 0 spiro atoms. The molecule has 2 nitrogen and oxygen atoms in total. The molecule has 0 aliphatic heterocycles. The lowest BCUT2D eigenvalue weighted by Gasteiger charge is -2.07. The third-order valence-corrected chi connectivity index (χ3v) is 2.57. The minimum Gasteiger partial charge on any atom is -0.326 e. The molecular formula is C14H12N2. The van der Waals surface area contributed by atoms with Crippen molar-refractivity contribution in [2.75, 3.05) is 0 Å². The lowest BCUT2D eigenvalue weighted by molar-refractivity contribution is 1.06. The van der Waals surface area contributed by atoms with Crippen LogP contribution < -0.4 is 5.73 Å². The summed E-state index contributed by atoms with van der Waals surface area (Å²) in [4.78, 5) is 0. The minimum atomic E-state index is 0.392. The van der Waals surface area contributed by atoms with E-state index in [1.807, 2.05) is 48.5 Å². The van der Waals surface area contributed by atoms with Crippen LogP contribution in [0.3, 0.4) is 0 Å². The van der Waals surface area contributed by atoms with E-state index in [-0.39, 0.29) is 0 Å². The van der Waals surface area contributed by atoms with Gasteiger partial charge in [0.05, 0.1) is 5.56 Å². The summed E-state index contributed by atoms with van der Waals surface area (Å²) in [5.74, 6) is 0. The summed E-state index contributed by atoms with van der Waals surface area (Å²) in [5.41, 5.74) is 9.19. The van der Waals surface area contributed by atoms with Crippen LogP contribution in [-0.2, 0) is 6.54 Å². The molecule has 2 N–H and O–H groups in total. The van der Waals surface area contributed by atoms with E-state index in [2.05, 4.69) is 6.07 Å². The lowest BCUT2D eigenvalue weighted by Crippen LogP contribution is -2.00. The van der Waals surface area contributed by atoms with Crippen LogP contribution in [0.2, 0.25) is 0 Å². The van der Waals surface area contributed by atoms with Gasteiger partial charge in [-0.1, -0.05) is 48.5 Å². The molecule has 2 rings (SSSR count). The fraction of sp³-hybridized carbons (Fsp3) is 0.0714. The number of nitrogens with two attached hydrogens (primary N) is 1. The number of rotatable bonds is 2. The lowest BCUT2D eigenvalue weighted by atomic mass is 9.96. The first-order chi connectivity index (χ1) is 7.86. The van der Waals surface area contributed by atoms with E-state index in [1.165, 1.54) is 0 Å². The van der Waals surface area contributed by atoms with E-state index in [0.717, 1.165) is 16.7 Å². The Kier molecular flexibility index (Phi) is 3.00. The molecule has 0 unspecified atom stereocenters. The van der Waals surface area contributed by atoms with E-state index in [4.69, 9.17) is 5.73 Å². The van der Waals surface area contributed by atoms with Gasteiger partial charge in [0, 0.05) is 6.54 Å². The standard InChI is InChI=1S/C14H12N2/c15-9-12-7-4-8-13(14(12)10-16)11-5-2-1-3-6-11/h1-8H,9,15H2. The van der Waals surface area contributed by atoms with Gasteiger partial charge in [-0.05, 0) is 16.7 Å². The van der Waals surface area contributed by atoms with Crippen molar-refractivity contribution in [1.29, 1.82) is 5.26 Å². The molecule has 0 saturated carbocycles. The zero-order chi connectivity index (χ0) is 11.4. The highest BCUT2D eigenvalue weighted by Gasteiger charge is 2.07. The Morgan fingerprint density at radius 1 is 1.00 bits per heavy atom. The van der Waals surface area contributed by atoms with Crippen molar-refractivity contribution in [3.8, 4) is 17.2 Å². The third kappa shape index (κ3) is 1.81. The maximum absolute atomic E-state index is 9.19. The van der Waals surface area contributed by atoms with E-state index >= 15 is 0 Å². The number of benzene rings is 2. The summed E-state index contributed by atoms with van der Waals surface area (Å²) in [5, 5.41) is 9.19. The third-order valence-electron chi connectivity index (χ3n) is 2.57. The number of nitrogens with zero attached hydrogens (tertiary/aromatic N) is 1. The average molecular weight is 208 g/mol. The molecule has 0 aliphatic rings. The Balaban J connectivity index is 2.63. The monoisotopic (exact) mass is 208 g/mol. The first kappa shape index (κ1) is 10.4. The minimum absolute atomic E-state index is 0.392. The normalized spacial score (nSPS) is 9.75. The van der Waals surface area contributed by atoms with Crippen molar-refractivity contribution in [3.05, 3.63) is 59.7 Å². The van der Waals surface area contributed by atoms with E-state index in [0.29, 0.717) is 12.1 Å². The van der Waals surface area contributed by atoms with Crippen molar-refractivity contribution in [3.63, 3.8) is 0 Å². The fourth-order valence-corrected chi connectivity index (χ4v) is 1.76. The van der Waals surface area contributed by atoms with Crippen LogP contribution in [0.1, 0.15) is 11.1 Å². The molecule has 0 bridgehead atoms. The second-order valence-electron chi connectivity index (χ2n) is 3.52. The Morgan fingerprint density at radius 3 is 2.38 bits per heavy atom. The molecule has 2 heteroatoms. The molecule has 0 aromatic heterocycles. The fourth-order valence-electron chi connectivity index (χ4n) is 1.76. The highest BCUT2D eigenvalue weighted by atomic mass is 14.5. The Bertz CT molecular complexity index is 524. The van der Waals surface area contributed by atoms with E-state index in [9.17, 15) is 5.26 Å². The highest BCUT2D eigenvalue weighted by Crippen LogP contribution is 2.25. The molecule has 78 valence electrons. The first-order valence-electron chi connectivity index (χ1n) is 5.14. The zero-order valence-electron chi connectivity index (χ0n) is 8.85. The number of nitriles is 1. The maximum Gasteiger partial charge on any atom is 0.100 e. The van der Waals surface area contributed by atoms with Gasteiger partial charge in [-0.25, -0.2) is 0 Å². The topological polar surface area (TPSA) is 49.8 Å². The van der Waals surface area contributed by atoms with Crippen molar-refractivity contribution < 1.29 is 0 Å². The number of hydrogen-bond donors (Lipinski definition) is 1. The van der Waals surface area contributed by atoms with Crippen LogP contribution in [0.15, 0.2) is 48.5 Å². The van der Waals surface area contributed by atoms with Crippen LogP contribution in [-0.4, -0.2) is 0 Å². The van der Waals surface area contributed by atoms with Gasteiger partial charge in [-0.15, -0.1) is 0 Å². The molecule has 0 aliphatic carbocycles. The molecule has 16 heavy (non-hydrogen) atoms. The van der Waals surface area contributed by atoms with E-state index < -0.39 is 0 Å². The van der Waals surface area contributed by atoms with Gasteiger partial charge in [0.2, 0.25) is 0 Å². The van der Waals surface area contributed by atoms with Crippen LogP contribution in [0, 0.1) is 11.3 Å². The molecule has 0 radical (unpaired) electrons. The van der Waals surface area contributed by atoms with Gasteiger partial charge in [0.25, 0.3) is 0 Å². The second kappa shape index (κ2) is 4.61. The summed E-state index contributed by atoms with van der Waals surface area (Å²) in [6.45, 7) is 0.392. The Labute approximate surface area is 95.0 Å². The quantitative estimate of drug-likeness (QED) is 0.824. The Hall–Kier alpha value is -2.11. The summed E-state index contributed by atoms with van der Waals surface area (Å²) in [6, 6.07) is 17.9. The molecule has 0 amide bonds. The molecule has 0 heterocycles. The summed E-state index contributed by atoms with van der Waals surface area (Å²) in [6.07, 6.45) is 0. The van der Waals surface area contributed by atoms with Gasteiger partial charge in [0.1, 0.15) is 6.07 Å². The maximum atomic E-state index is 9.19. The second-order valence-corrected chi connectivity index (χ2v) is 3.52. The van der Waals surface area contributed by atoms with Crippen LogP contribution in [0.25, 0.3) is 11.1 Å². The largest absolute Gasteiger partial charge is 0.326 e. The Morgan fingerprint density at radius 2 is 1.75 bits per heavy atom. The summed E-state index contributed by atoms with van der Waals surface area (Å²) in [7, 11) is 0. The first-order valence-corrected chi connectivity index (χ1v) is 5.14. The molecule has 2 aromatic carbocycles. The zero-order valence-corrected chi connectivity index (χ0v) is 8.85. The van der Waals surface area contributed by atoms with Crippen LogP contribution in [0.5, 0.6) is 0 Å². The van der Waals surface area contributed by atoms with Crippen molar-refractivity contribution >= 4 is 0 Å². The molecular weight excluding hydrogens is 196 g/mol. The SMILES string of the molecule is N#Cc1c(CN)cccc1-c1ccccc1. The molecule has 2 aromatic rings. The summed E-state index contributed by atoms with van der Waals surface area (Å²) < 4.78 is 0. The van der Waals surface area contributed by atoms with Gasteiger partial charge in [-0.3, -0.25) is 0 Å². The van der Waals surface area contributed by atoms with Crippen molar-refractivity contribution in [2.45, 2.75) is 6.54 Å². The predicted octanol–water partition coefficient (Wildman–Crippen LogP) is 2.68. The van der Waals surface area contributed by atoms with Crippen LogP contribution >= 0.6 is 0 Å². The van der Waals surface area contributed by atoms with Gasteiger partial charge < -0.3 is 5.73 Å². The van der Waals surface area contributed by atoms with Crippen LogP contribution in [0.4, 0.5) is 0 Å². The van der Waals surface area contributed by atoms with Gasteiger partial charge in [0.15, 0.2) is 0 Å². The number of hydrogen-bond acceptors (Lipinski definition) is 2. The highest BCUT2D eigenvalue weighted by molar-refractivity contribution is 5.72. The van der Waals surface area contributed by atoms with Gasteiger partial charge >= 0.3 is 0 Å². The van der Waals surface area contributed by atoms with Gasteiger partial charge in [-0.2, -0.15) is 5.26 Å². The average Bonchev–Trinajstić information content (AvgIpc) is 2.38. The van der Waals surface area contributed by atoms with E-state index in [1.54, 1.807) is 0 Å². The van der Waals surface area contributed by atoms with Crippen molar-refractivity contribution in [2.24, 2.45) is 5.73 Å². The molecule has 0 fully saturated rings. The molecule has 0 atom stereocenters. The smallest absolute Gasteiger partial charge is 0.100 e. The predicted molar refractivity (Wildman–Crippen MR) is 64.5 cm³/mol. The van der Waals surface area contributed by atoms with Crippen molar-refractivity contribution in [1.82, 2.24) is 0 Å². The molecule has 0 saturated heterocycles.